The Morgan fingerprint density at radius 2 is 2.20 bits per heavy atom. The Morgan fingerprint density at radius 1 is 1.47 bits per heavy atom. The predicted octanol–water partition coefficient (Wildman–Crippen LogP) is 1.63. The number of hydrogen-bond acceptors (Lipinski definition) is 2. The molecule has 0 spiro atoms. The lowest BCUT2D eigenvalue weighted by Gasteiger charge is -2.15. The highest BCUT2D eigenvalue weighted by Gasteiger charge is 2.19. The lowest BCUT2D eigenvalue weighted by atomic mass is 9.95. The van der Waals surface area contributed by atoms with Gasteiger partial charge in [0.1, 0.15) is 6.29 Å². The first-order chi connectivity index (χ1) is 7.12. The quantitative estimate of drug-likeness (QED) is 0.743. The van der Waals surface area contributed by atoms with Crippen molar-refractivity contribution in [3.05, 3.63) is 36.0 Å². The molecule has 0 aliphatic carbocycles. The van der Waals surface area contributed by atoms with Gasteiger partial charge in [-0.3, -0.25) is 0 Å². The number of aromatic nitrogens is 1. The van der Waals surface area contributed by atoms with Crippen molar-refractivity contribution in [2.45, 2.75) is 18.9 Å². The van der Waals surface area contributed by atoms with Gasteiger partial charge in [-0.2, -0.15) is 0 Å². The Hall–Kier alpha value is -1.61. The van der Waals surface area contributed by atoms with Crippen LogP contribution in [0.2, 0.25) is 0 Å². The number of para-hydroxylation sites is 1. The molecule has 2 aromatic rings. The van der Waals surface area contributed by atoms with Gasteiger partial charge in [-0.1, -0.05) is 18.2 Å². The van der Waals surface area contributed by atoms with Gasteiger partial charge in [0.05, 0.1) is 5.54 Å². The van der Waals surface area contributed by atoms with Crippen LogP contribution in [-0.2, 0) is 11.2 Å². The topological polar surface area (TPSA) is 58.9 Å². The third kappa shape index (κ3) is 1.92. The standard InChI is InChI=1S/C12H14N2O/c1-12(13,8-15)6-9-7-14-11-5-3-2-4-10(9)11/h2-5,7-8,14H,6,13H2,1H3/t12-/m1/s1. The predicted molar refractivity (Wildman–Crippen MR) is 60.7 cm³/mol. The number of nitrogens with one attached hydrogen (secondary N) is 1. The number of nitrogens with two attached hydrogens (primary N) is 1. The third-order valence-corrected chi connectivity index (χ3v) is 2.52. The molecule has 0 bridgehead atoms. The van der Waals surface area contributed by atoms with Gasteiger partial charge in [0.15, 0.2) is 0 Å². The SMILES string of the molecule is C[C@](N)(C=O)Cc1c[nH]c2ccccc12. The maximum atomic E-state index is 10.8. The monoisotopic (exact) mass is 202 g/mol. The van der Waals surface area contributed by atoms with Crippen LogP contribution in [0, 0.1) is 0 Å². The number of aromatic amines is 1. The molecule has 0 fully saturated rings. The van der Waals surface area contributed by atoms with Crippen LogP contribution >= 0.6 is 0 Å². The van der Waals surface area contributed by atoms with Crippen molar-refractivity contribution in [3.63, 3.8) is 0 Å². The second kappa shape index (κ2) is 3.51. The zero-order valence-electron chi connectivity index (χ0n) is 8.66. The Balaban J connectivity index is 2.41. The first-order valence-corrected chi connectivity index (χ1v) is 4.92. The van der Waals surface area contributed by atoms with E-state index < -0.39 is 5.54 Å². The molecule has 15 heavy (non-hydrogen) atoms. The number of carbonyl (C=O) groups excluding carboxylic acids is 1. The van der Waals surface area contributed by atoms with Gasteiger partial charge >= 0.3 is 0 Å². The average molecular weight is 202 g/mol. The van der Waals surface area contributed by atoms with Gasteiger partial charge < -0.3 is 15.5 Å². The molecule has 3 nitrogen and oxygen atoms in total. The second-order valence-corrected chi connectivity index (χ2v) is 4.16. The molecule has 1 atom stereocenters. The third-order valence-electron chi connectivity index (χ3n) is 2.52. The number of rotatable bonds is 3. The molecule has 2 rings (SSSR count). The Bertz CT molecular complexity index is 485. The van der Waals surface area contributed by atoms with Crippen LogP contribution in [0.3, 0.4) is 0 Å². The molecule has 1 aromatic carbocycles. The van der Waals surface area contributed by atoms with Crippen molar-refractivity contribution in [1.82, 2.24) is 4.98 Å². The fourth-order valence-electron chi connectivity index (χ4n) is 1.73. The van der Waals surface area contributed by atoms with E-state index in [0.29, 0.717) is 6.42 Å². The number of H-pyrrole nitrogens is 1. The molecule has 0 unspecified atom stereocenters. The summed E-state index contributed by atoms with van der Waals surface area (Å²) in [5, 5.41) is 1.14. The lowest BCUT2D eigenvalue weighted by Crippen LogP contribution is -2.40. The molecule has 0 saturated carbocycles. The molecule has 0 aliphatic heterocycles. The Kier molecular flexibility index (Phi) is 2.32. The summed E-state index contributed by atoms with van der Waals surface area (Å²) in [5.41, 5.74) is 7.19. The Morgan fingerprint density at radius 3 is 2.93 bits per heavy atom. The molecule has 0 saturated heterocycles. The number of hydrogen-bond donors (Lipinski definition) is 2. The van der Waals surface area contributed by atoms with Crippen LogP contribution in [0.1, 0.15) is 12.5 Å². The van der Waals surface area contributed by atoms with E-state index >= 15 is 0 Å². The molecule has 3 heteroatoms. The van der Waals surface area contributed by atoms with Crippen LogP contribution in [0.15, 0.2) is 30.5 Å². The van der Waals surface area contributed by atoms with Crippen molar-refractivity contribution < 1.29 is 4.79 Å². The molecular formula is C12H14N2O. The van der Waals surface area contributed by atoms with Crippen LogP contribution < -0.4 is 5.73 Å². The summed E-state index contributed by atoms with van der Waals surface area (Å²) in [6, 6.07) is 7.99. The van der Waals surface area contributed by atoms with E-state index in [1.807, 2.05) is 30.5 Å². The van der Waals surface area contributed by atoms with Crippen LogP contribution in [0.25, 0.3) is 10.9 Å². The molecule has 3 N–H and O–H groups in total. The molecule has 1 aromatic heterocycles. The smallest absolute Gasteiger partial charge is 0.139 e. The van der Waals surface area contributed by atoms with E-state index in [0.717, 1.165) is 22.8 Å². The van der Waals surface area contributed by atoms with Crippen LogP contribution in [0.5, 0.6) is 0 Å². The summed E-state index contributed by atoms with van der Waals surface area (Å²) in [6.45, 7) is 1.74. The normalized spacial score (nSPS) is 15.1. The zero-order valence-corrected chi connectivity index (χ0v) is 8.66. The van der Waals surface area contributed by atoms with E-state index in [2.05, 4.69) is 4.98 Å². The van der Waals surface area contributed by atoms with Crippen LogP contribution in [-0.4, -0.2) is 16.8 Å². The van der Waals surface area contributed by atoms with Gasteiger partial charge in [-0.15, -0.1) is 0 Å². The minimum Gasteiger partial charge on any atom is -0.361 e. The second-order valence-electron chi connectivity index (χ2n) is 4.16. The van der Waals surface area contributed by atoms with Gasteiger partial charge in [0.2, 0.25) is 0 Å². The minimum atomic E-state index is -0.787. The Labute approximate surface area is 88.3 Å². The maximum absolute atomic E-state index is 10.8. The highest BCUT2D eigenvalue weighted by Crippen LogP contribution is 2.20. The van der Waals surface area contributed by atoms with E-state index in [-0.39, 0.29) is 0 Å². The molecule has 78 valence electrons. The number of fused-ring (bicyclic) bond motifs is 1. The molecule has 0 radical (unpaired) electrons. The number of aldehydes is 1. The highest BCUT2D eigenvalue weighted by molar-refractivity contribution is 5.83. The summed E-state index contributed by atoms with van der Waals surface area (Å²) in [6.07, 6.45) is 3.27. The average Bonchev–Trinajstić information content (AvgIpc) is 2.62. The van der Waals surface area contributed by atoms with Crippen molar-refractivity contribution >= 4 is 17.2 Å². The highest BCUT2D eigenvalue weighted by atomic mass is 16.1. The van der Waals surface area contributed by atoms with E-state index in [9.17, 15) is 4.79 Å². The molecular weight excluding hydrogens is 188 g/mol. The van der Waals surface area contributed by atoms with Gasteiger partial charge in [0.25, 0.3) is 0 Å². The van der Waals surface area contributed by atoms with Gasteiger partial charge in [-0.05, 0) is 25.0 Å². The summed E-state index contributed by atoms with van der Waals surface area (Å²) in [7, 11) is 0. The van der Waals surface area contributed by atoms with Crippen molar-refractivity contribution in [2.24, 2.45) is 5.73 Å². The summed E-state index contributed by atoms with van der Waals surface area (Å²) in [5.74, 6) is 0. The van der Waals surface area contributed by atoms with Crippen molar-refractivity contribution in [2.75, 3.05) is 0 Å². The van der Waals surface area contributed by atoms with Crippen molar-refractivity contribution in [1.29, 1.82) is 0 Å². The summed E-state index contributed by atoms with van der Waals surface area (Å²) < 4.78 is 0. The summed E-state index contributed by atoms with van der Waals surface area (Å²) >= 11 is 0. The fraction of sp³-hybridized carbons (Fsp3) is 0.250. The maximum Gasteiger partial charge on any atom is 0.139 e. The number of carbonyl (C=O) groups is 1. The first kappa shape index (κ1) is 9.93. The first-order valence-electron chi connectivity index (χ1n) is 4.92. The van der Waals surface area contributed by atoms with Gasteiger partial charge in [0, 0.05) is 17.1 Å². The van der Waals surface area contributed by atoms with E-state index in [1.54, 1.807) is 6.92 Å². The van der Waals surface area contributed by atoms with E-state index in [4.69, 9.17) is 5.73 Å². The molecule has 1 heterocycles. The van der Waals surface area contributed by atoms with E-state index in [1.165, 1.54) is 0 Å². The summed E-state index contributed by atoms with van der Waals surface area (Å²) in [4.78, 5) is 13.9. The largest absolute Gasteiger partial charge is 0.361 e. The fourth-order valence-corrected chi connectivity index (χ4v) is 1.73. The molecule has 0 amide bonds. The van der Waals surface area contributed by atoms with Crippen LogP contribution in [0.4, 0.5) is 0 Å². The lowest BCUT2D eigenvalue weighted by molar-refractivity contribution is -0.111. The number of benzene rings is 1. The van der Waals surface area contributed by atoms with Gasteiger partial charge in [-0.25, -0.2) is 0 Å². The minimum absolute atomic E-state index is 0.556. The van der Waals surface area contributed by atoms with Crippen molar-refractivity contribution in [3.8, 4) is 0 Å². The molecule has 0 aliphatic rings. The zero-order chi connectivity index (χ0) is 10.9.